The summed E-state index contributed by atoms with van der Waals surface area (Å²) in [4.78, 5) is 15.7. The van der Waals surface area contributed by atoms with Crippen molar-refractivity contribution >= 4 is 5.78 Å². The van der Waals surface area contributed by atoms with Gasteiger partial charge >= 0.3 is 0 Å². The molecule has 7 unspecified atom stereocenters. The number of carbonyl (C=O) groups is 1. The Morgan fingerprint density at radius 2 is 0.898 bits per heavy atom. The lowest BCUT2D eigenvalue weighted by Crippen LogP contribution is -2.37. The summed E-state index contributed by atoms with van der Waals surface area (Å²) in [6, 6.07) is 49.7. The van der Waals surface area contributed by atoms with Crippen molar-refractivity contribution in [1.29, 1.82) is 0 Å². The van der Waals surface area contributed by atoms with E-state index >= 15 is 4.79 Å². The van der Waals surface area contributed by atoms with E-state index in [0.29, 0.717) is 47.6 Å². The molecule has 12 rings (SSSR count). The largest absolute Gasteiger partial charge is 0.375 e. The van der Waals surface area contributed by atoms with Gasteiger partial charge in [-0.05, 0) is 177 Å². The number of benzene rings is 5. The highest BCUT2D eigenvalue weighted by atomic mass is 16.5. The molecule has 0 amide bonds. The van der Waals surface area contributed by atoms with Crippen molar-refractivity contribution in [3.8, 4) is 23.7 Å². The number of ketones is 1. The topological polar surface area (TPSA) is 26.3 Å². The van der Waals surface area contributed by atoms with E-state index in [1.54, 1.807) is 0 Å². The van der Waals surface area contributed by atoms with Gasteiger partial charge in [0.1, 0.15) is 5.78 Å². The van der Waals surface area contributed by atoms with Gasteiger partial charge in [-0.1, -0.05) is 115 Å². The lowest BCUT2D eigenvalue weighted by molar-refractivity contribution is -0.124. The average Bonchev–Trinajstić information content (AvgIpc) is 3.61. The molecule has 296 valence electrons. The monoisotopic (exact) mass is 772 g/mol. The zero-order valence-corrected chi connectivity index (χ0v) is 34.2. The highest BCUT2D eigenvalue weighted by Gasteiger charge is 2.57. The quantitative estimate of drug-likeness (QED) is 0.171. The van der Waals surface area contributed by atoms with Gasteiger partial charge in [-0.2, -0.15) is 0 Å². The highest BCUT2D eigenvalue weighted by Crippen LogP contribution is 2.61. The van der Waals surface area contributed by atoms with Crippen molar-refractivity contribution < 1.29 is 9.53 Å². The smallest absolute Gasteiger partial charge is 0.144 e. The van der Waals surface area contributed by atoms with E-state index in [1.807, 2.05) is 12.1 Å². The van der Waals surface area contributed by atoms with Gasteiger partial charge in [0.05, 0.1) is 12.2 Å². The predicted molar refractivity (Wildman–Crippen MR) is 238 cm³/mol. The summed E-state index contributed by atoms with van der Waals surface area (Å²) in [5.41, 5.74) is 8.16. The molecule has 59 heavy (non-hydrogen) atoms. The maximum atomic E-state index is 15.7. The second-order valence-corrected chi connectivity index (χ2v) is 18.5. The SMILES string of the molecule is O=C1C(c2ccccc2)C2C3CCC(CC3)OC3CCC(CC3)C3CC(CCC3c3cccc(C#Cc4ccccc4)c3)C1C2c1cccc(C#Cc2ccccc2)c1. The van der Waals surface area contributed by atoms with Crippen molar-refractivity contribution in [1.82, 2.24) is 0 Å². The van der Waals surface area contributed by atoms with Crippen LogP contribution in [0.15, 0.2) is 140 Å². The molecule has 3 saturated heterocycles. The van der Waals surface area contributed by atoms with Crippen molar-refractivity contribution in [3.63, 3.8) is 0 Å². The summed E-state index contributed by atoms with van der Waals surface area (Å²) in [6.45, 7) is 0. The summed E-state index contributed by atoms with van der Waals surface area (Å²) < 4.78 is 7.00. The lowest BCUT2D eigenvalue weighted by Gasteiger charge is -2.45. The van der Waals surface area contributed by atoms with Gasteiger partial charge < -0.3 is 4.74 Å². The molecule has 4 aliphatic carbocycles. The number of fused-ring (bicyclic) bond motifs is 2. The van der Waals surface area contributed by atoms with Crippen LogP contribution in [-0.4, -0.2) is 18.0 Å². The first-order valence-electron chi connectivity index (χ1n) is 22.7. The van der Waals surface area contributed by atoms with Crippen molar-refractivity contribution in [2.75, 3.05) is 0 Å². The first-order valence-corrected chi connectivity index (χ1v) is 22.7. The van der Waals surface area contributed by atoms with Crippen LogP contribution < -0.4 is 0 Å². The fourth-order valence-electron chi connectivity index (χ4n) is 12.6. The van der Waals surface area contributed by atoms with Crippen LogP contribution in [0.4, 0.5) is 0 Å². The van der Waals surface area contributed by atoms with Gasteiger partial charge in [-0.25, -0.2) is 0 Å². The van der Waals surface area contributed by atoms with Crippen molar-refractivity contribution in [2.24, 2.45) is 35.5 Å². The average molecular weight is 773 g/mol. The molecular weight excluding hydrogens is 717 g/mol. The first kappa shape index (κ1) is 38.1. The molecule has 0 aromatic heterocycles. The molecular formula is C57H56O2. The normalized spacial score (nSPS) is 31.2. The summed E-state index contributed by atoms with van der Waals surface area (Å²) in [5.74, 6) is 17.1. The number of ether oxygens (including phenoxy) is 1. The van der Waals surface area contributed by atoms with Crippen LogP contribution in [0.2, 0.25) is 0 Å². The molecule has 7 aliphatic rings. The molecule has 2 nitrogen and oxygen atoms in total. The van der Waals surface area contributed by atoms with E-state index in [0.717, 1.165) is 67.2 Å². The maximum absolute atomic E-state index is 15.7. The Morgan fingerprint density at radius 1 is 0.424 bits per heavy atom. The van der Waals surface area contributed by atoms with Crippen LogP contribution in [0, 0.1) is 59.2 Å². The Kier molecular flexibility index (Phi) is 11.1. The zero-order valence-electron chi connectivity index (χ0n) is 34.2. The molecule has 5 aromatic carbocycles. The summed E-state index contributed by atoms with van der Waals surface area (Å²) in [7, 11) is 0. The number of hydrogen-bond donors (Lipinski definition) is 0. The van der Waals surface area contributed by atoms with Gasteiger partial charge in [0.2, 0.25) is 0 Å². The molecule has 7 fully saturated rings. The van der Waals surface area contributed by atoms with E-state index in [4.69, 9.17) is 4.74 Å². The van der Waals surface area contributed by atoms with Crippen LogP contribution in [0.3, 0.4) is 0 Å². The molecule has 3 heterocycles. The van der Waals surface area contributed by atoms with E-state index in [-0.39, 0.29) is 23.7 Å². The standard InChI is InChI=1S/C57H56O2/c58-57-55(44-18-8-3-9-19-44)53-45-28-33-50(34-29-45)59-49-31-26-43(27-32-49)52-38-48(30-35-51(52)46-20-10-16-41(36-46)24-22-39-12-4-1-5-13-39)56(57)54(53)47-21-11-17-42(37-47)25-23-40-14-6-2-7-15-40/h1-21,36-37,43,45,48-56H,26-35,38H2. The fraction of sp³-hybridized carbons (Fsp3) is 0.386. The molecule has 2 heteroatoms. The summed E-state index contributed by atoms with van der Waals surface area (Å²) in [6.07, 6.45) is 13.3. The minimum absolute atomic E-state index is 0.00972. The summed E-state index contributed by atoms with van der Waals surface area (Å²) in [5, 5.41) is 0. The van der Waals surface area contributed by atoms with Crippen molar-refractivity contribution in [2.45, 2.75) is 101 Å². The van der Waals surface area contributed by atoms with E-state index in [2.05, 4.69) is 151 Å². The second-order valence-electron chi connectivity index (χ2n) is 18.5. The minimum atomic E-state index is -0.0897. The molecule has 0 radical (unpaired) electrons. The lowest BCUT2D eigenvalue weighted by atomic mass is 9.59. The van der Waals surface area contributed by atoms with E-state index < -0.39 is 0 Å². The Labute approximate surface area is 352 Å². The Morgan fingerprint density at radius 3 is 1.51 bits per heavy atom. The Bertz CT molecular complexity index is 2340. The fourth-order valence-corrected chi connectivity index (χ4v) is 12.6. The minimum Gasteiger partial charge on any atom is -0.375 e. The third-order valence-electron chi connectivity index (χ3n) is 15.2. The van der Waals surface area contributed by atoms with Gasteiger partial charge in [0, 0.05) is 34.1 Å². The van der Waals surface area contributed by atoms with Crippen LogP contribution in [0.5, 0.6) is 0 Å². The summed E-state index contributed by atoms with van der Waals surface area (Å²) >= 11 is 0. The molecule has 4 saturated carbocycles. The Balaban J connectivity index is 1.06. The van der Waals surface area contributed by atoms with Crippen LogP contribution in [-0.2, 0) is 9.53 Å². The van der Waals surface area contributed by atoms with Crippen LogP contribution in [0.25, 0.3) is 0 Å². The maximum Gasteiger partial charge on any atom is 0.144 e. The molecule has 0 spiro atoms. The highest BCUT2D eigenvalue weighted by molar-refractivity contribution is 5.92. The van der Waals surface area contributed by atoms with Gasteiger partial charge in [0.15, 0.2) is 0 Å². The third-order valence-corrected chi connectivity index (χ3v) is 15.2. The third kappa shape index (κ3) is 8.10. The zero-order chi connectivity index (χ0) is 39.5. The molecule has 0 N–H and O–H groups in total. The Hall–Kier alpha value is -5.15. The van der Waals surface area contributed by atoms with E-state index in [1.165, 1.54) is 42.4 Å². The molecule has 3 aliphatic heterocycles. The number of Topliss-reactive ketones (excluding diaryl/α,β-unsaturated/α-hetero) is 1. The predicted octanol–water partition coefficient (Wildman–Crippen LogP) is 12.5. The number of hydrogen-bond acceptors (Lipinski definition) is 2. The van der Waals surface area contributed by atoms with Gasteiger partial charge in [-0.3, -0.25) is 4.79 Å². The number of rotatable bonds is 3. The first-order chi connectivity index (χ1) is 29.1. The molecule has 7 atom stereocenters. The van der Waals surface area contributed by atoms with Gasteiger partial charge in [-0.15, -0.1) is 0 Å². The number of carbonyl (C=O) groups excluding carboxylic acids is 1. The second kappa shape index (κ2) is 17.2. The van der Waals surface area contributed by atoms with Crippen LogP contribution in [0.1, 0.15) is 127 Å². The van der Waals surface area contributed by atoms with Crippen molar-refractivity contribution in [3.05, 3.63) is 178 Å². The molecule has 8 bridgehead atoms. The van der Waals surface area contributed by atoms with Gasteiger partial charge in [0.25, 0.3) is 0 Å². The van der Waals surface area contributed by atoms with E-state index in [9.17, 15) is 0 Å². The molecule has 5 aromatic rings. The van der Waals surface area contributed by atoms with Crippen LogP contribution >= 0.6 is 0 Å².